The molecule has 6 heteroatoms. The van der Waals surface area contributed by atoms with E-state index in [1.807, 2.05) is 42.2 Å². The van der Waals surface area contributed by atoms with E-state index < -0.39 is 0 Å². The Morgan fingerprint density at radius 1 is 1.33 bits per heavy atom. The molecule has 1 saturated heterocycles. The molecule has 1 aromatic heterocycles. The van der Waals surface area contributed by atoms with Crippen LogP contribution in [0, 0.1) is 6.92 Å². The van der Waals surface area contributed by atoms with Crippen LogP contribution >= 0.6 is 0 Å². The maximum atomic E-state index is 12.8. The van der Waals surface area contributed by atoms with Crippen molar-refractivity contribution in [3.8, 4) is 5.75 Å². The first-order chi connectivity index (χ1) is 11.7. The molecular formula is C18H21N3O3. The molecule has 0 bridgehead atoms. The zero-order valence-corrected chi connectivity index (χ0v) is 13.7. The maximum Gasteiger partial charge on any atom is 0.318 e. The van der Waals surface area contributed by atoms with Gasteiger partial charge in [-0.2, -0.15) is 0 Å². The van der Waals surface area contributed by atoms with Gasteiger partial charge in [0, 0.05) is 24.6 Å². The van der Waals surface area contributed by atoms with E-state index in [0.29, 0.717) is 6.61 Å². The first kappa shape index (κ1) is 15.1. The SMILES string of the molecule is Cc1cc(C2CCCN2C(=O)NC2CCOc3ccccc32)on1. The summed E-state index contributed by atoms with van der Waals surface area (Å²) in [6.45, 7) is 3.25. The number of hydrogen-bond donors (Lipinski definition) is 1. The Hall–Kier alpha value is -2.50. The van der Waals surface area contributed by atoms with Gasteiger partial charge in [0.2, 0.25) is 0 Å². The second kappa shape index (κ2) is 6.19. The number of likely N-dealkylation sites (tertiary alicyclic amines) is 1. The van der Waals surface area contributed by atoms with Crippen LogP contribution in [0.2, 0.25) is 0 Å². The molecule has 1 aromatic carbocycles. The van der Waals surface area contributed by atoms with Crippen LogP contribution in [0.1, 0.15) is 48.4 Å². The Morgan fingerprint density at radius 2 is 2.21 bits per heavy atom. The molecule has 2 aromatic rings. The molecule has 2 atom stereocenters. The molecule has 1 fully saturated rings. The zero-order chi connectivity index (χ0) is 16.5. The first-order valence-corrected chi connectivity index (χ1v) is 8.44. The average molecular weight is 327 g/mol. The largest absolute Gasteiger partial charge is 0.493 e. The topological polar surface area (TPSA) is 67.6 Å². The number of nitrogens with zero attached hydrogens (tertiary/aromatic N) is 2. The predicted octanol–water partition coefficient (Wildman–Crippen LogP) is 3.35. The fraction of sp³-hybridized carbons (Fsp3) is 0.444. The maximum absolute atomic E-state index is 12.8. The number of fused-ring (bicyclic) bond motifs is 1. The summed E-state index contributed by atoms with van der Waals surface area (Å²) in [5.74, 6) is 1.63. The van der Waals surface area contributed by atoms with E-state index in [1.54, 1.807) is 0 Å². The molecule has 6 nitrogen and oxygen atoms in total. The normalized spacial score (nSPS) is 22.8. The van der Waals surface area contributed by atoms with Gasteiger partial charge in [0.15, 0.2) is 5.76 Å². The standard InChI is InChI=1S/C18H21N3O3/c1-12-11-17(24-20-12)15-6-4-9-21(15)18(22)19-14-8-10-23-16-7-3-2-5-13(14)16/h2-3,5,7,11,14-15H,4,6,8-10H2,1H3,(H,19,22). The van der Waals surface area contributed by atoms with Gasteiger partial charge >= 0.3 is 6.03 Å². The van der Waals surface area contributed by atoms with E-state index >= 15 is 0 Å². The average Bonchev–Trinajstić information content (AvgIpc) is 3.24. The summed E-state index contributed by atoms with van der Waals surface area (Å²) < 4.78 is 11.0. The highest BCUT2D eigenvalue weighted by molar-refractivity contribution is 5.75. The van der Waals surface area contributed by atoms with Gasteiger partial charge in [0.05, 0.1) is 24.4 Å². The summed E-state index contributed by atoms with van der Waals surface area (Å²) in [5, 5.41) is 7.12. The van der Waals surface area contributed by atoms with Crippen LogP contribution < -0.4 is 10.1 Å². The van der Waals surface area contributed by atoms with Crippen molar-refractivity contribution in [2.75, 3.05) is 13.2 Å². The molecule has 126 valence electrons. The molecule has 0 aliphatic carbocycles. The van der Waals surface area contributed by atoms with Gasteiger partial charge in [-0.15, -0.1) is 0 Å². The number of hydrogen-bond acceptors (Lipinski definition) is 4. The highest BCUT2D eigenvalue weighted by Crippen LogP contribution is 2.35. The number of benzene rings is 1. The number of aryl methyl sites for hydroxylation is 1. The van der Waals surface area contributed by atoms with Crippen LogP contribution in [0.4, 0.5) is 4.79 Å². The number of urea groups is 1. The second-order valence-electron chi connectivity index (χ2n) is 6.40. The summed E-state index contributed by atoms with van der Waals surface area (Å²) in [6.07, 6.45) is 2.66. The van der Waals surface area contributed by atoms with Crippen molar-refractivity contribution in [3.05, 3.63) is 47.3 Å². The summed E-state index contributed by atoms with van der Waals surface area (Å²) in [4.78, 5) is 14.7. The van der Waals surface area contributed by atoms with E-state index in [4.69, 9.17) is 9.26 Å². The lowest BCUT2D eigenvalue weighted by Gasteiger charge is -2.30. The third-order valence-electron chi connectivity index (χ3n) is 4.74. The van der Waals surface area contributed by atoms with E-state index in [2.05, 4.69) is 10.5 Å². The Morgan fingerprint density at radius 3 is 3.04 bits per heavy atom. The first-order valence-electron chi connectivity index (χ1n) is 8.44. The van der Waals surface area contributed by atoms with Crippen LogP contribution in [0.3, 0.4) is 0 Å². The summed E-state index contributed by atoms with van der Waals surface area (Å²) in [6, 6.07) is 9.72. The smallest absolute Gasteiger partial charge is 0.318 e. The van der Waals surface area contributed by atoms with Crippen LogP contribution in [0.5, 0.6) is 5.75 Å². The lowest BCUT2D eigenvalue weighted by Crippen LogP contribution is -2.42. The summed E-state index contributed by atoms with van der Waals surface area (Å²) in [5.41, 5.74) is 1.89. The monoisotopic (exact) mass is 327 g/mol. The minimum atomic E-state index is -0.0479. The van der Waals surface area contributed by atoms with E-state index in [-0.39, 0.29) is 18.1 Å². The summed E-state index contributed by atoms with van der Waals surface area (Å²) in [7, 11) is 0. The van der Waals surface area contributed by atoms with Crippen LogP contribution in [-0.2, 0) is 0 Å². The van der Waals surface area contributed by atoms with Gasteiger partial charge in [0.1, 0.15) is 5.75 Å². The Bertz CT molecular complexity index is 743. The van der Waals surface area contributed by atoms with Crippen molar-refractivity contribution in [3.63, 3.8) is 0 Å². The number of rotatable bonds is 2. The fourth-order valence-corrected chi connectivity index (χ4v) is 3.57. The van der Waals surface area contributed by atoms with Gasteiger partial charge in [-0.25, -0.2) is 4.79 Å². The Labute approximate surface area is 140 Å². The molecule has 4 rings (SSSR count). The van der Waals surface area contributed by atoms with Crippen LogP contribution in [0.15, 0.2) is 34.9 Å². The number of carbonyl (C=O) groups is 1. The van der Waals surface area contributed by atoms with Gasteiger partial charge in [-0.1, -0.05) is 23.4 Å². The molecule has 1 N–H and O–H groups in total. The molecular weight excluding hydrogens is 306 g/mol. The predicted molar refractivity (Wildman–Crippen MR) is 87.7 cm³/mol. The quantitative estimate of drug-likeness (QED) is 0.918. The van der Waals surface area contributed by atoms with Crippen LogP contribution in [-0.4, -0.2) is 29.2 Å². The van der Waals surface area contributed by atoms with Crippen molar-refractivity contribution in [2.24, 2.45) is 0 Å². The third-order valence-corrected chi connectivity index (χ3v) is 4.74. The molecule has 2 aliphatic rings. The van der Waals surface area contributed by atoms with Crippen molar-refractivity contribution < 1.29 is 14.1 Å². The zero-order valence-electron chi connectivity index (χ0n) is 13.7. The number of carbonyl (C=O) groups excluding carboxylic acids is 1. The number of nitrogens with one attached hydrogen (secondary N) is 1. The molecule has 2 unspecified atom stereocenters. The number of aromatic nitrogens is 1. The molecule has 0 saturated carbocycles. The molecule has 0 radical (unpaired) electrons. The van der Waals surface area contributed by atoms with Gasteiger partial charge in [-0.3, -0.25) is 0 Å². The van der Waals surface area contributed by atoms with Gasteiger partial charge in [-0.05, 0) is 25.8 Å². The van der Waals surface area contributed by atoms with Crippen molar-refractivity contribution >= 4 is 6.03 Å². The fourth-order valence-electron chi connectivity index (χ4n) is 3.57. The lowest BCUT2D eigenvalue weighted by molar-refractivity contribution is 0.173. The number of ether oxygens (including phenoxy) is 1. The summed E-state index contributed by atoms with van der Waals surface area (Å²) >= 11 is 0. The lowest BCUT2D eigenvalue weighted by atomic mass is 10.0. The molecule has 3 heterocycles. The Balaban J connectivity index is 1.50. The van der Waals surface area contributed by atoms with E-state index in [9.17, 15) is 4.79 Å². The van der Waals surface area contributed by atoms with Crippen molar-refractivity contribution in [2.45, 2.75) is 38.3 Å². The van der Waals surface area contributed by atoms with Gasteiger partial charge in [0.25, 0.3) is 0 Å². The minimum absolute atomic E-state index is 0.0137. The Kier molecular flexibility index (Phi) is 3.88. The number of para-hydroxylation sites is 1. The molecule has 2 aliphatic heterocycles. The molecule has 0 spiro atoms. The highest BCUT2D eigenvalue weighted by Gasteiger charge is 2.34. The van der Waals surface area contributed by atoms with E-state index in [0.717, 1.165) is 48.6 Å². The van der Waals surface area contributed by atoms with E-state index in [1.165, 1.54) is 0 Å². The van der Waals surface area contributed by atoms with Crippen molar-refractivity contribution in [1.82, 2.24) is 15.4 Å². The molecule has 24 heavy (non-hydrogen) atoms. The highest BCUT2D eigenvalue weighted by atomic mass is 16.5. The molecule has 2 amide bonds. The van der Waals surface area contributed by atoms with Crippen LogP contribution in [0.25, 0.3) is 0 Å². The third kappa shape index (κ3) is 2.72. The minimum Gasteiger partial charge on any atom is -0.493 e. The van der Waals surface area contributed by atoms with Crippen molar-refractivity contribution in [1.29, 1.82) is 0 Å². The number of amides is 2. The second-order valence-corrected chi connectivity index (χ2v) is 6.40. The van der Waals surface area contributed by atoms with Gasteiger partial charge < -0.3 is 19.5 Å².